The van der Waals surface area contributed by atoms with Gasteiger partial charge in [0.1, 0.15) is 6.29 Å². The summed E-state index contributed by atoms with van der Waals surface area (Å²) in [5.74, 6) is 2.74. The Morgan fingerprint density at radius 2 is 1.88 bits per heavy atom. The fourth-order valence-electron chi connectivity index (χ4n) is 7.64. The molecule has 0 saturated heterocycles. The molecule has 3 rings (SSSR count). The van der Waals surface area contributed by atoms with Crippen LogP contribution in [-0.4, -0.2) is 12.5 Å². The predicted octanol–water partition coefficient (Wildman–Crippen LogP) is 6.66. The number of hydrogen-bond donors (Lipinski definition) is 0. The Balaban J connectivity index is 1.81. The van der Waals surface area contributed by atoms with Crippen LogP contribution in [0.4, 0.5) is 13.2 Å². The van der Waals surface area contributed by atoms with Crippen molar-refractivity contribution < 1.29 is 18.0 Å². The number of carbonyl (C=O) groups excluding carboxylic acids is 1. The van der Waals surface area contributed by atoms with Crippen LogP contribution in [0.1, 0.15) is 78.6 Å². The van der Waals surface area contributed by atoms with Gasteiger partial charge < -0.3 is 4.79 Å². The molecule has 0 aromatic rings. The number of alkyl halides is 3. The fraction of sp³-hybridized carbons (Fsp3) is 0.955. The second-order valence-electron chi connectivity index (χ2n) is 9.81. The van der Waals surface area contributed by atoms with Gasteiger partial charge >= 0.3 is 6.18 Å². The number of rotatable bonds is 5. The molecule has 0 bridgehead atoms. The molecule has 150 valence electrons. The SMILES string of the molecule is CCC[C@H]1C(CC(F)(F)F)CC[C@@H]2C1CC[C@@]1(C)C2C[C@@H](C)C1CC=O. The predicted molar refractivity (Wildman–Crippen MR) is 97.6 cm³/mol. The van der Waals surface area contributed by atoms with Crippen molar-refractivity contribution in [2.75, 3.05) is 0 Å². The van der Waals surface area contributed by atoms with Gasteiger partial charge in [0.05, 0.1) is 0 Å². The molecule has 0 radical (unpaired) electrons. The van der Waals surface area contributed by atoms with E-state index in [0.29, 0.717) is 36.0 Å². The highest BCUT2D eigenvalue weighted by atomic mass is 19.4. The van der Waals surface area contributed by atoms with Crippen molar-refractivity contribution in [3.63, 3.8) is 0 Å². The molecule has 0 spiro atoms. The number of hydrogen-bond acceptors (Lipinski definition) is 1. The Morgan fingerprint density at radius 3 is 2.50 bits per heavy atom. The van der Waals surface area contributed by atoms with Crippen molar-refractivity contribution >= 4 is 6.29 Å². The lowest BCUT2D eigenvalue weighted by atomic mass is 9.50. The van der Waals surface area contributed by atoms with E-state index in [1.54, 1.807) is 0 Å². The maximum Gasteiger partial charge on any atom is 0.389 e. The van der Waals surface area contributed by atoms with E-state index in [-0.39, 0.29) is 17.3 Å². The smallest absolute Gasteiger partial charge is 0.303 e. The summed E-state index contributed by atoms with van der Waals surface area (Å²) in [6, 6.07) is 0. The van der Waals surface area contributed by atoms with E-state index >= 15 is 0 Å². The quantitative estimate of drug-likeness (QED) is 0.493. The molecule has 0 N–H and O–H groups in total. The van der Waals surface area contributed by atoms with Gasteiger partial charge in [-0.1, -0.05) is 33.6 Å². The third-order valence-corrected chi connectivity index (χ3v) is 8.58. The first-order valence-corrected chi connectivity index (χ1v) is 10.7. The molecule has 1 nitrogen and oxygen atoms in total. The molecule has 4 heteroatoms. The molecular weight excluding hydrogens is 337 g/mol. The molecule has 0 amide bonds. The summed E-state index contributed by atoms with van der Waals surface area (Å²) >= 11 is 0. The van der Waals surface area contributed by atoms with Crippen LogP contribution in [0, 0.1) is 46.8 Å². The Hall–Kier alpha value is -0.540. The summed E-state index contributed by atoms with van der Waals surface area (Å²) < 4.78 is 39.3. The number of aldehydes is 1. The largest absolute Gasteiger partial charge is 0.389 e. The Kier molecular flexibility index (Phi) is 5.80. The molecule has 3 saturated carbocycles. The van der Waals surface area contributed by atoms with Crippen LogP contribution in [0.3, 0.4) is 0 Å². The lowest BCUT2D eigenvalue weighted by molar-refractivity contribution is -0.160. The lowest BCUT2D eigenvalue weighted by Gasteiger charge is -2.55. The van der Waals surface area contributed by atoms with Gasteiger partial charge in [0.15, 0.2) is 0 Å². The molecule has 0 aromatic carbocycles. The van der Waals surface area contributed by atoms with Crippen LogP contribution >= 0.6 is 0 Å². The fourth-order valence-corrected chi connectivity index (χ4v) is 7.64. The second-order valence-corrected chi connectivity index (χ2v) is 9.81. The number of carbonyl (C=O) groups is 1. The van der Waals surface area contributed by atoms with Crippen molar-refractivity contribution in [2.24, 2.45) is 46.8 Å². The summed E-state index contributed by atoms with van der Waals surface area (Å²) in [7, 11) is 0. The molecular formula is C22H35F3O. The van der Waals surface area contributed by atoms with Gasteiger partial charge in [-0.2, -0.15) is 13.2 Å². The normalized spacial score (nSPS) is 45.8. The highest BCUT2D eigenvalue weighted by Crippen LogP contribution is 2.65. The lowest BCUT2D eigenvalue weighted by Crippen LogP contribution is -2.48. The van der Waals surface area contributed by atoms with Crippen LogP contribution in [0.15, 0.2) is 0 Å². The molecule has 8 atom stereocenters. The van der Waals surface area contributed by atoms with Crippen LogP contribution in [0.5, 0.6) is 0 Å². The average Bonchev–Trinajstić information content (AvgIpc) is 2.80. The standard InChI is InChI=1S/C22H35F3O/c1-4-5-16-15(13-22(23,24)25)6-7-18-17(16)8-10-21(3)19(9-11-26)14(2)12-20(18)21/h11,14-20H,4-10,12-13H2,1-3H3/t14-,15?,16+,17?,18-,19?,20?,21-/m1/s1. The summed E-state index contributed by atoms with van der Waals surface area (Å²) in [4.78, 5) is 11.2. The molecule has 3 aliphatic carbocycles. The van der Waals surface area contributed by atoms with Gasteiger partial charge in [-0.15, -0.1) is 0 Å². The Morgan fingerprint density at radius 1 is 1.15 bits per heavy atom. The summed E-state index contributed by atoms with van der Waals surface area (Å²) in [5, 5.41) is 0. The van der Waals surface area contributed by atoms with Gasteiger partial charge in [0, 0.05) is 12.8 Å². The molecule has 0 aliphatic heterocycles. The van der Waals surface area contributed by atoms with E-state index in [9.17, 15) is 18.0 Å². The topological polar surface area (TPSA) is 17.1 Å². The minimum atomic E-state index is -4.04. The van der Waals surface area contributed by atoms with E-state index < -0.39 is 12.6 Å². The monoisotopic (exact) mass is 372 g/mol. The van der Waals surface area contributed by atoms with Crippen molar-refractivity contribution in [1.82, 2.24) is 0 Å². The van der Waals surface area contributed by atoms with E-state index in [0.717, 1.165) is 44.8 Å². The highest BCUT2D eigenvalue weighted by molar-refractivity contribution is 5.50. The second kappa shape index (κ2) is 7.47. The molecule has 26 heavy (non-hydrogen) atoms. The van der Waals surface area contributed by atoms with Crippen molar-refractivity contribution in [3.05, 3.63) is 0 Å². The maximum absolute atomic E-state index is 13.1. The van der Waals surface area contributed by atoms with E-state index in [2.05, 4.69) is 20.8 Å². The average molecular weight is 373 g/mol. The zero-order valence-corrected chi connectivity index (χ0v) is 16.5. The summed E-state index contributed by atoms with van der Waals surface area (Å²) in [5.41, 5.74) is 0.217. The van der Waals surface area contributed by atoms with E-state index in [4.69, 9.17) is 0 Å². The van der Waals surface area contributed by atoms with Gasteiger partial charge in [-0.25, -0.2) is 0 Å². The van der Waals surface area contributed by atoms with Crippen LogP contribution in [-0.2, 0) is 4.79 Å². The Bertz CT molecular complexity index is 502. The third kappa shape index (κ3) is 3.58. The highest BCUT2D eigenvalue weighted by Gasteiger charge is 2.58. The van der Waals surface area contributed by atoms with Crippen molar-refractivity contribution in [2.45, 2.75) is 84.7 Å². The maximum atomic E-state index is 13.1. The van der Waals surface area contributed by atoms with Gasteiger partial charge in [0.25, 0.3) is 0 Å². The van der Waals surface area contributed by atoms with Gasteiger partial charge in [0.2, 0.25) is 0 Å². The molecule has 4 unspecified atom stereocenters. The number of halogens is 3. The first-order chi connectivity index (χ1) is 12.2. The molecule has 0 heterocycles. The first-order valence-electron chi connectivity index (χ1n) is 10.7. The van der Waals surface area contributed by atoms with E-state index in [1.807, 2.05) is 0 Å². The number of fused-ring (bicyclic) bond motifs is 3. The minimum Gasteiger partial charge on any atom is -0.303 e. The van der Waals surface area contributed by atoms with Crippen LogP contribution in [0.25, 0.3) is 0 Å². The Labute approximate surface area is 156 Å². The minimum absolute atomic E-state index is 0.176. The van der Waals surface area contributed by atoms with Gasteiger partial charge in [-0.3, -0.25) is 0 Å². The van der Waals surface area contributed by atoms with E-state index in [1.165, 1.54) is 6.42 Å². The summed E-state index contributed by atoms with van der Waals surface area (Å²) in [6.45, 7) is 6.77. The van der Waals surface area contributed by atoms with Crippen LogP contribution < -0.4 is 0 Å². The third-order valence-electron chi connectivity index (χ3n) is 8.58. The zero-order chi connectivity index (χ0) is 19.1. The van der Waals surface area contributed by atoms with Crippen molar-refractivity contribution in [1.29, 1.82) is 0 Å². The van der Waals surface area contributed by atoms with Gasteiger partial charge in [-0.05, 0) is 78.9 Å². The zero-order valence-electron chi connectivity index (χ0n) is 16.5. The first kappa shape index (κ1) is 20.2. The molecule has 0 aromatic heterocycles. The summed E-state index contributed by atoms with van der Waals surface area (Å²) in [6.07, 6.45) is 4.07. The molecule has 3 aliphatic rings. The molecule has 3 fully saturated rings. The van der Waals surface area contributed by atoms with Crippen molar-refractivity contribution in [3.8, 4) is 0 Å². The van der Waals surface area contributed by atoms with Crippen LogP contribution in [0.2, 0.25) is 0 Å².